The first-order valence-corrected chi connectivity index (χ1v) is 15.2. The molecule has 2 atom stereocenters. The molecule has 3 aromatic carbocycles. The quantitative estimate of drug-likeness (QED) is 0.285. The van der Waals surface area contributed by atoms with Gasteiger partial charge in [-0.1, -0.05) is 66.0 Å². The molecule has 0 aliphatic rings. The molecule has 2 unspecified atom stereocenters. The second-order valence-corrected chi connectivity index (χ2v) is 12.6. The average Bonchev–Trinajstić information content (AvgIpc) is 2.92. The van der Waals surface area contributed by atoms with Crippen molar-refractivity contribution in [2.24, 2.45) is 0 Å². The number of sulfonamides is 1. The molecule has 40 heavy (non-hydrogen) atoms. The van der Waals surface area contributed by atoms with Crippen LogP contribution in [0.25, 0.3) is 0 Å². The van der Waals surface area contributed by atoms with Crippen molar-refractivity contribution in [3.8, 4) is 0 Å². The molecule has 0 radical (unpaired) electrons. The lowest BCUT2D eigenvalue weighted by atomic mass is 10.1. The summed E-state index contributed by atoms with van der Waals surface area (Å²) < 4.78 is 28.8. The number of aryl methyl sites for hydroxylation is 2. The van der Waals surface area contributed by atoms with E-state index in [9.17, 15) is 18.0 Å². The van der Waals surface area contributed by atoms with Gasteiger partial charge in [0.25, 0.3) is 10.0 Å². The van der Waals surface area contributed by atoms with Crippen LogP contribution in [0.4, 0.5) is 5.69 Å². The molecule has 2 amide bonds. The van der Waals surface area contributed by atoms with Gasteiger partial charge < -0.3 is 10.2 Å². The van der Waals surface area contributed by atoms with Crippen molar-refractivity contribution in [3.63, 3.8) is 0 Å². The second kappa shape index (κ2) is 13.5. The topological polar surface area (TPSA) is 86.8 Å². The minimum absolute atomic E-state index is 0.0365. The Hall–Kier alpha value is -3.07. The van der Waals surface area contributed by atoms with Crippen LogP contribution in [-0.2, 0) is 26.2 Å². The van der Waals surface area contributed by atoms with E-state index in [0.29, 0.717) is 10.0 Å². The Morgan fingerprint density at radius 2 is 1.55 bits per heavy atom. The summed E-state index contributed by atoms with van der Waals surface area (Å²) in [7, 11) is -4.17. The molecule has 0 aromatic heterocycles. The van der Waals surface area contributed by atoms with Crippen molar-refractivity contribution < 1.29 is 18.0 Å². The van der Waals surface area contributed by atoms with Gasteiger partial charge in [-0.3, -0.25) is 13.9 Å². The van der Waals surface area contributed by atoms with Gasteiger partial charge in [0.1, 0.15) is 12.6 Å². The Morgan fingerprint density at radius 1 is 0.925 bits per heavy atom. The number of carbonyl (C=O) groups is 2. The third-order valence-electron chi connectivity index (χ3n) is 6.77. The summed E-state index contributed by atoms with van der Waals surface area (Å²) >= 11 is 12.4. The SMILES string of the molecule is CCC(C)NC(=O)C(C)N(Cc1ccc(Cl)cc1)C(=O)CN(c1ccc(C)c(Cl)c1)S(=O)(=O)c1ccc(C)cc1. The van der Waals surface area contributed by atoms with Crippen molar-refractivity contribution in [1.29, 1.82) is 0 Å². The van der Waals surface area contributed by atoms with Crippen molar-refractivity contribution in [1.82, 2.24) is 10.2 Å². The molecule has 0 saturated heterocycles. The number of rotatable bonds is 11. The van der Waals surface area contributed by atoms with Crippen LogP contribution in [0.1, 0.15) is 43.9 Å². The zero-order chi connectivity index (χ0) is 29.6. The predicted molar refractivity (Wildman–Crippen MR) is 161 cm³/mol. The molecule has 3 aromatic rings. The number of amides is 2. The Morgan fingerprint density at radius 3 is 2.12 bits per heavy atom. The smallest absolute Gasteiger partial charge is 0.264 e. The van der Waals surface area contributed by atoms with E-state index in [1.54, 1.807) is 55.5 Å². The number of anilines is 1. The van der Waals surface area contributed by atoms with Crippen molar-refractivity contribution >= 4 is 50.7 Å². The highest BCUT2D eigenvalue weighted by Crippen LogP contribution is 2.29. The van der Waals surface area contributed by atoms with E-state index in [0.717, 1.165) is 27.4 Å². The van der Waals surface area contributed by atoms with Crippen LogP contribution >= 0.6 is 23.2 Å². The van der Waals surface area contributed by atoms with Crippen LogP contribution in [-0.4, -0.2) is 43.8 Å². The number of benzene rings is 3. The lowest BCUT2D eigenvalue weighted by molar-refractivity contribution is -0.139. The van der Waals surface area contributed by atoms with Gasteiger partial charge in [0.05, 0.1) is 10.6 Å². The number of hydrogen-bond acceptors (Lipinski definition) is 4. The Kier molecular flexibility index (Phi) is 10.6. The van der Waals surface area contributed by atoms with Gasteiger partial charge >= 0.3 is 0 Å². The molecular formula is C30H35Cl2N3O4S. The molecule has 0 aliphatic heterocycles. The van der Waals surface area contributed by atoms with Gasteiger partial charge in [-0.25, -0.2) is 8.42 Å². The van der Waals surface area contributed by atoms with Gasteiger partial charge in [0, 0.05) is 22.6 Å². The minimum Gasteiger partial charge on any atom is -0.352 e. The lowest BCUT2D eigenvalue weighted by Crippen LogP contribution is -2.52. The molecule has 214 valence electrons. The fourth-order valence-electron chi connectivity index (χ4n) is 3.94. The fraction of sp³-hybridized carbons (Fsp3) is 0.333. The molecule has 10 heteroatoms. The first kappa shape index (κ1) is 31.5. The highest BCUT2D eigenvalue weighted by atomic mass is 35.5. The molecule has 3 rings (SSSR count). The maximum absolute atomic E-state index is 14.0. The molecule has 0 heterocycles. The Bertz CT molecular complexity index is 1440. The fourth-order valence-corrected chi connectivity index (χ4v) is 5.64. The first-order valence-electron chi connectivity index (χ1n) is 13.0. The van der Waals surface area contributed by atoms with Crippen LogP contribution in [0.2, 0.25) is 10.0 Å². The monoisotopic (exact) mass is 603 g/mol. The number of nitrogens with one attached hydrogen (secondary N) is 1. The van der Waals surface area contributed by atoms with Gasteiger partial charge in [0.15, 0.2) is 0 Å². The standard InChI is InChI=1S/C30H35Cl2N3O4S/c1-6-22(4)33-30(37)23(5)34(18-24-10-12-25(31)13-11-24)29(36)19-35(26-14-9-21(3)28(32)17-26)40(38,39)27-15-7-20(2)8-16-27/h7-17,22-23H,6,18-19H2,1-5H3,(H,33,37). The summed E-state index contributed by atoms with van der Waals surface area (Å²) in [6.45, 7) is 8.68. The van der Waals surface area contributed by atoms with Crippen molar-refractivity contribution in [3.05, 3.63) is 93.5 Å². The number of hydrogen-bond donors (Lipinski definition) is 1. The van der Waals surface area contributed by atoms with E-state index in [-0.39, 0.29) is 29.1 Å². The third-order valence-corrected chi connectivity index (χ3v) is 9.21. The van der Waals surface area contributed by atoms with E-state index in [1.165, 1.54) is 23.1 Å². The van der Waals surface area contributed by atoms with Crippen LogP contribution in [0, 0.1) is 13.8 Å². The van der Waals surface area contributed by atoms with E-state index >= 15 is 0 Å². The minimum atomic E-state index is -4.17. The highest BCUT2D eigenvalue weighted by Gasteiger charge is 2.33. The molecule has 0 aliphatic carbocycles. The molecule has 1 N–H and O–H groups in total. The Labute approximate surface area is 247 Å². The maximum atomic E-state index is 14.0. The highest BCUT2D eigenvalue weighted by molar-refractivity contribution is 7.92. The van der Waals surface area contributed by atoms with Crippen LogP contribution < -0.4 is 9.62 Å². The number of halogens is 2. The molecule has 0 spiro atoms. The lowest BCUT2D eigenvalue weighted by Gasteiger charge is -2.32. The molecule has 7 nitrogen and oxygen atoms in total. The third kappa shape index (κ3) is 7.77. The predicted octanol–water partition coefficient (Wildman–Crippen LogP) is 6.14. The average molecular weight is 605 g/mol. The summed E-state index contributed by atoms with van der Waals surface area (Å²) in [6.07, 6.45) is 0.723. The van der Waals surface area contributed by atoms with Crippen molar-refractivity contribution in [2.45, 2.75) is 64.6 Å². The van der Waals surface area contributed by atoms with Gasteiger partial charge in [-0.15, -0.1) is 0 Å². The van der Waals surface area contributed by atoms with Crippen LogP contribution in [0.5, 0.6) is 0 Å². The molecule has 0 bridgehead atoms. The van der Waals surface area contributed by atoms with Gasteiger partial charge in [0.2, 0.25) is 11.8 Å². The Balaban J connectivity index is 2.04. The normalized spacial score (nSPS) is 12.9. The largest absolute Gasteiger partial charge is 0.352 e. The van der Waals surface area contributed by atoms with E-state index in [2.05, 4.69) is 5.32 Å². The molecule has 0 fully saturated rings. The second-order valence-electron chi connectivity index (χ2n) is 9.90. The zero-order valence-electron chi connectivity index (χ0n) is 23.3. The maximum Gasteiger partial charge on any atom is 0.264 e. The van der Waals surface area contributed by atoms with Crippen LogP contribution in [0.3, 0.4) is 0 Å². The molecule has 0 saturated carbocycles. The summed E-state index contributed by atoms with van der Waals surface area (Å²) in [4.78, 5) is 28.5. The van der Waals surface area contributed by atoms with Crippen LogP contribution in [0.15, 0.2) is 71.6 Å². The number of carbonyl (C=O) groups excluding carboxylic acids is 2. The van der Waals surface area contributed by atoms with Gasteiger partial charge in [-0.05, 0) is 81.6 Å². The van der Waals surface area contributed by atoms with E-state index in [4.69, 9.17) is 23.2 Å². The zero-order valence-corrected chi connectivity index (χ0v) is 25.6. The summed E-state index contributed by atoms with van der Waals surface area (Å²) in [5.74, 6) is -0.878. The van der Waals surface area contributed by atoms with E-state index in [1.807, 2.05) is 27.7 Å². The summed E-state index contributed by atoms with van der Waals surface area (Å²) in [5.41, 5.74) is 2.65. The van der Waals surface area contributed by atoms with Gasteiger partial charge in [-0.2, -0.15) is 0 Å². The summed E-state index contributed by atoms with van der Waals surface area (Å²) in [5, 5.41) is 3.82. The van der Waals surface area contributed by atoms with E-state index < -0.39 is 28.5 Å². The van der Waals surface area contributed by atoms with Crippen molar-refractivity contribution in [2.75, 3.05) is 10.8 Å². The first-order chi connectivity index (χ1) is 18.8. The number of nitrogens with zero attached hydrogens (tertiary/aromatic N) is 2. The molecular weight excluding hydrogens is 569 g/mol. The summed E-state index contributed by atoms with van der Waals surface area (Å²) in [6, 6.07) is 17.2.